The van der Waals surface area contributed by atoms with E-state index in [2.05, 4.69) is 9.50 Å². The maximum atomic E-state index is 10.0. The average Bonchev–Trinajstić information content (AvgIpc) is 2.20. The molecule has 0 amide bonds. The van der Waals surface area contributed by atoms with Crippen molar-refractivity contribution in [1.82, 2.24) is 5.32 Å². The lowest BCUT2D eigenvalue weighted by atomic mass is 10.2. The number of nitrogens with one attached hydrogen (secondary N) is 1. The highest BCUT2D eigenvalue weighted by atomic mass is 32.2. The summed E-state index contributed by atoms with van der Waals surface area (Å²) in [6.45, 7) is 1.19. The highest BCUT2D eigenvalue weighted by molar-refractivity contribution is 7.74. The standard InChI is InChI=1S/C9H14N2O3S/c10-9-4-2-1-3-8(9)7-11-5-6-14-15(12)13/h1-4,11H,5-7,10H2,(H,12,13)/p-1. The van der Waals surface area contributed by atoms with Gasteiger partial charge in [-0.3, -0.25) is 4.18 Å². The monoisotopic (exact) mass is 229 g/mol. The molecule has 0 aliphatic rings. The molecule has 0 radical (unpaired) electrons. The lowest BCUT2D eigenvalue weighted by Gasteiger charge is -2.08. The van der Waals surface area contributed by atoms with E-state index in [-0.39, 0.29) is 6.61 Å². The molecule has 0 aliphatic heterocycles. The minimum absolute atomic E-state index is 0.128. The second-order valence-corrected chi connectivity index (χ2v) is 3.55. The maximum Gasteiger partial charge on any atom is 0.0842 e. The SMILES string of the molecule is Nc1ccccc1CNCCOS(=O)[O-]. The van der Waals surface area contributed by atoms with Crippen LogP contribution in [0.4, 0.5) is 5.69 Å². The maximum absolute atomic E-state index is 10.0. The Bertz CT molecular complexity index is 333. The van der Waals surface area contributed by atoms with Crippen LogP contribution >= 0.6 is 0 Å². The van der Waals surface area contributed by atoms with Gasteiger partial charge in [0, 0.05) is 18.8 Å². The van der Waals surface area contributed by atoms with E-state index in [1.165, 1.54) is 0 Å². The predicted molar refractivity (Wildman–Crippen MR) is 57.4 cm³/mol. The van der Waals surface area contributed by atoms with Crippen molar-refractivity contribution in [1.29, 1.82) is 0 Å². The van der Waals surface area contributed by atoms with Crippen LogP contribution in [-0.2, 0) is 22.1 Å². The summed E-state index contributed by atoms with van der Waals surface area (Å²) in [4.78, 5) is 0. The van der Waals surface area contributed by atoms with E-state index in [9.17, 15) is 8.76 Å². The Morgan fingerprint density at radius 3 is 2.87 bits per heavy atom. The van der Waals surface area contributed by atoms with Crippen molar-refractivity contribution in [2.75, 3.05) is 18.9 Å². The van der Waals surface area contributed by atoms with Crippen LogP contribution in [0, 0.1) is 0 Å². The quantitative estimate of drug-likeness (QED) is 0.412. The molecule has 6 heteroatoms. The van der Waals surface area contributed by atoms with Crippen LogP contribution in [0.1, 0.15) is 5.56 Å². The minimum atomic E-state index is -2.43. The van der Waals surface area contributed by atoms with E-state index in [1.807, 2.05) is 24.3 Å². The van der Waals surface area contributed by atoms with Gasteiger partial charge >= 0.3 is 0 Å². The summed E-state index contributed by atoms with van der Waals surface area (Å²) in [7, 11) is 0. The summed E-state index contributed by atoms with van der Waals surface area (Å²) >= 11 is -2.43. The van der Waals surface area contributed by atoms with Gasteiger partial charge in [0.1, 0.15) is 0 Å². The highest BCUT2D eigenvalue weighted by Crippen LogP contribution is 2.09. The van der Waals surface area contributed by atoms with Crippen molar-refractivity contribution in [3.05, 3.63) is 29.8 Å². The van der Waals surface area contributed by atoms with Gasteiger partial charge in [0.05, 0.1) is 18.0 Å². The fraction of sp³-hybridized carbons (Fsp3) is 0.333. The number of benzene rings is 1. The second kappa shape index (κ2) is 6.52. The van der Waals surface area contributed by atoms with Crippen LogP contribution in [0.2, 0.25) is 0 Å². The van der Waals surface area contributed by atoms with Crippen molar-refractivity contribution < 1.29 is 12.9 Å². The Morgan fingerprint density at radius 2 is 2.20 bits per heavy atom. The molecule has 0 fully saturated rings. The molecular formula is C9H13N2O3S-. The first kappa shape index (κ1) is 12.1. The van der Waals surface area contributed by atoms with E-state index in [1.54, 1.807) is 0 Å². The third kappa shape index (κ3) is 4.89. The van der Waals surface area contributed by atoms with Gasteiger partial charge in [0.2, 0.25) is 0 Å². The number of rotatable bonds is 6. The number of nitrogen functional groups attached to an aromatic ring is 1. The number of nitrogens with two attached hydrogens (primary N) is 1. The fourth-order valence-corrected chi connectivity index (χ4v) is 1.32. The molecule has 0 aromatic heterocycles. The number of para-hydroxylation sites is 1. The Hall–Kier alpha value is -0.950. The van der Waals surface area contributed by atoms with Crippen molar-refractivity contribution in [3.8, 4) is 0 Å². The first-order valence-corrected chi connectivity index (χ1v) is 5.47. The zero-order chi connectivity index (χ0) is 11.1. The van der Waals surface area contributed by atoms with Gasteiger partial charge in [-0.25, -0.2) is 4.21 Å². The van der Waals surface area contributed by atoms with Gasteiger partial charge in [-0.05, 0) is 11.6 Å². The van der Waals surface area contributed by atoms with Crippen molar-refractivity contribution in [3.63, 3.8) is 0 Å². The van der Waals surface area contributed by atoms with E-state index in [0.717, 1.165) is 11.3 Å². The molecule has 15 heavy (non-hydrogen) atoms. The number of anilines is 1. The van der Waals surface area contributed by atoms with Crippen LogP contribution in [0.3, 0.4) is 0 Å². The molecule has 0 heterocycles. The van der Waals surface area contributed by atoms with Crippen LogP contribution in [0.25, 0.3) is 0 Å². The van der Waals surface area contributed by atoms with Crippen LogP contribution in [-0.4, -0.2) is 21.9 Å². The van der Waals surface area contributed by atoms with Gasteiger partial charge < -0.3 is 15.6 Å². The molecule has 3 N–H and O–H groups in total. The van der Waals surface area contributed by atoms with Crippen LogP contribution < -0.4 is 11.1 Å². The zero-order valence-electron chi connectivity index (χ0n) is 8.14. The molecule has 1 unspecified atom stereocenters. The molecule has 0 aliphatic carbocycles. The molecular weight excluding hydrogens is 216 g/mol. The minimum Gasteiger partial charge on any atom is -0.750 e. The Balaban J connectivity index is 2.21. The van der Waals surface area contributed by atoms with E-state index in [4.69, 9.17) is 5.73 Å². The van der Waals surface area contributed by atoms with Crippen molar-refractivity contribution in [2.24, 2.45) is 0 Å². The normalized spacial score (nSPS) is 12.6. The number of hydrogen-bond acceptors (Lipinski definition) is 5. The first-order valence-electron chi connectivity index (χ1n) is 4.47. The van der Waals surface area contributed by atoms with Gasteiger partial charge in [-0.2, -0.15) is 0 Å². The summed E-state index contributed by atoms with van der Waals surface area (Å²) in [5.74, 6) is 0. The van der Waals surface area contributed by atoms with E-state index < -0.39 is 11.4 Å². The summed E-state index contributed by atoms with van der Waals surface area (Å²) < 4.78 is 24.4. The van der Waals surface area contributed by atoms with Crippen LogP contribution in [0.15, 0.2) is 24.3 Å². The molecule has 1 atom stereocenters. The smallest absolute Gasteiger partial charge is 0.0842 e. The summed E-state index contributed by atoms with van der Waals surface area (Å²) in [6.07, 6.45) is 0. The summed E-state index contributed by atoms with van der Waals surface area (Å²) in [5.41, 5.74) is 7.42. The average molecular weight is 229 g/mol. The molecule has 5 nitrogen and oxygen atoms in total. The topological polar surface area (TPSA) is 87.4 Å². The fourth-order valence-electron chi connectivity index (χ4n) is 1.10. The largest absolute Gasteiger partial charge is 0.750 e. The van der Waals surface area contributed by atoms with E-state index in [0.29, 0.717) is 13.1 Å². The Labute approximate surface area is 91.1 Å². The van der Waals surface area contributed by atoms with Gasteiger partial charge in [-0.15, -0.1) is 0 Å². The van der Waals surface area contributed by atoms with E-state index >= 15 is 0 Å². The lowest BCUT2D eigenvalue weighted by molar-refractivity contribution is 0.298. The van der Waals surface area contributed by atoms with Crippen molar-refractivity contribution in [2.45, 2.75) is 6.54 Å². The Kier molecular flexibility index (Phi) is 5.27. The summed E-state index contributed by atoms with van der Waals surface area (Å²) in [6, 6.07) is 7.49. The molecule has 84 valence electrons. The zero-order valence-corrected chi connectivity index (χ0v) is 8.96. The molecule has 1 aromatic carbocycles. The third-order valence-corrected chi connectivity index (χ3v) is 2.19. The van der Waals surface area contributed by atoms with Gasteiger partial charge in [0.15, 0.2) is 0 Å². The molecule has 1 rings (SSSR count). The molecule has 0 bridgehead atoms. The van der Waals surface area contributed by atoms with Crippen LogP contribution in [0.5, 0.6) is 0 Å². The second-order valence-electron chi connectivity index (χ2n) is 2.90. The van der Waals surface area contributed by atoms with Gasteiger partial charge in [0.25, 0.3) is 0 Å². The Morgan fingerprint density at radius 1 is 1.47 bits per heavy atom. The molecule has 0 spiro atoms. The lowest BCUT2D eigenvalue weighted by Crippen LogP contribution is -2.20. The van der Waals surface area contributed by atoms with Crippen molar-refractivity contribution >= 4 is 17.0 Å². The highest BCUT2D eigenvalue weighted by Gasteiger charge is 1.96. The third-order valence-electron chi connectivity index (χ3n) is 1.83. The predicted octanol–water partition coefficient (Wildman–Crippen LogP) is 0.169. The number of hydrogen-bond donors (Lipinski definition) is 2. The molecule has 1 aromatic rings. The van der Waals surface area contributed by atoms with Gasteiger partial charge in [-0.1, -0.05) is 18.2 Å². The molecule has 0 saturated carbocycles. The molecule has 0 saturated heterocycles. The first-order chi connectivity index (χ1) is 7.20. The summed E-state index contributed by atoms with van der Waals surface area (Å²) in [5, 5.41) is 3.02.